The van der Waals surface area contributed by atoms with Gasteiger partial charge in [-0.05, 0) is 47.9 Å². The summed E-state index contributed by atoms with van der Waals surface area (Å²) in [6, 6.07) is 9.96. The lowest BCUT2D eigenvalue weighted by Crippen LogP contribution is -2.38. The summed E-state index contributed by atoms with van der Waals surface area (Å²) >= 11 is 0. The average Bonchev–Trinajstić information content (AvgIpc) is 2.88. The number of hydrogen-bond donors (Lipinski definition) is 1. The molecule has 0 saturated carbocycles. The Morgan fingerprint density at radius 3 is 2.75 bits per heavy atom. The molecular formula is C23H28N6O3. The van der Waals surface area contributed by atoms with Crippen LogP contribution in [0.3, 0.4) is 0 Å². The number of pyridine rings is 1. The number of nitrogens with zero attached hydrogens (tertiary/aromatic N) is 6. The second-order valence-electron chi connectivity index (χ2n) is 8.34. The van der Waals surface area contributed by atoms with E-state index in [1.54, 1.807) is 19.4 Å². The average molecular weight is 437 g/mol. The number of aromatic nitrogens is 4. The van der Waals surface area contributed by atoms with Crippen molar-refractivity contribution in [2.75, 3.05) is 56.3 Å². The highest BCUT2D eigenvalue weighted by molar-refractivity contribution is 5.91. The normalized spacial score (nSPS) is 20.4. The van der Waals surface area contributed by atoms with Crippen molar-refractivity contribution in [3.05, 3.63) is 42.1 Å². The Kier molecular flexibility index (Phi) is 6.00. The van der Waals surface area contributed by atoms with Crippen LogP contribution in [0.1, 0.15) is 24.5 Å². The summed E-state index contributed by atoms with van der Waals surface area (Å²) in [4.78, 5) is 8.77. The molecule has 0 bridgehead atoms. The molecule has 2 aliphatic rings. The number of rotatable bonds is 5. The van der Waals surface area contributed by atoms with Gasteiger partial charge in [0.15, 0.2) is 5.82 Å². The third kappa shape index (κ3) is 4.18. The van der Waals surface area contributed by atoms with Crippen molar-refractivity contribution in [3.8, 4) is 5.88 Å². The van der Waals surface area contributed by atoms with Gasteiger partial charge in [-0.1, -0.05) is 0 Å². The second kappa shape index (κ2) is 9.22. The summed E-state index contributed by atoms with van der Waals surface area (Å²) in [6.07, 6.45) is 3.02. The number of methoxy groups -OCH3 is 1. The molecule has 32 heavy (non-hydrogen) atoms. The van der Waals surface area contributed by atoms with Gasteiger partial charge in [0, 0.05) is 55.4 Å². The Morgan fingerprint density at radius 1 is 1.09 bits per heavy atom. The number of piperidine rings is 1. The van der Waals surface area contributed by atoms with Gasteiger partial charge in [-0.25, -0.2) is 4.98 Å². The maximum absolute atomic E-state index is 11.0. The molecule has 1 N–H and O–H groups in total. The largest absolute Gasteiger partial charge is 0.481 e. The third-order valence-electron chi connectivity index (χ3n) is 6.40. The topological polar surface area (TPSA) is 96.7 Å². The van der Waals surface area contributed by atoms with Gasteiger partial charge in [0.1, 0.15) is 5.52 Å². The van der Waals surface area contributed by atoms with Crippen LogP contribution >= 0.6 is 0 Å². The van der Waals surface area contributed by atoms with Gasteiger partial charge in [-0.15, -0.1) is 10.2 Å². The Morgan fingerprint density at radius 2 is 1.97 bits per heavy atom. The Bertz CT molecular complexity index is 1060. The summed E-state index contributed by atoms with van der Waals surface area (Å²) in [5.74, 6) is 1.45. The molecule has 4 heterocycles. The van der Waals surface area contributed by atoms with Crippen LogP contribution < -0.4 is 14.5 Å². The highest BCUT2D eigenvalue weighted by atomic mass is 16.5. The highest BCUT2D eigenvalue weighted by Crippen LogP contribution is 2.34. The first-order valence-electron chi connectivity index (χ1n) is 11.1. The molecule has 9 nitrogen and oxygen atoms in total. The van der Waals surface area contributed by atoms with Gasteiger partial charge < -0.3 is 24.4 Å². The molecule has 9 heteroatoms. The maximum Gasteiger partial charge on any atom is 0.212 e. The van der Waals surface area contributed by atoms with Gasteiger partial charge in [0.2, 0.25) is 5.88 Å². The van der Waals surface area contributed by atoms with E-state index in [0.717, 1.165) is 73.7 Å². The smallest absolute Gasteiger partial charge is 0.212 e. The zero-order valence-electron chi connectivity index (χ0n) is 18.2. The van der Waals surface area contributed by atoms with E-state index in [1.165, 1.54) is 0 Å². The lowest BCUT2D eigenvalue weighted by Gasteiger charge is -2.36. The van der Waals surface area contributed by atoms with E-state index in [9.17, 15) is 5.11 Å². The molecule has 5 rings (SSSR count). The fraction of sp³-hybridized carbons (Fsp3) is 0.478. The number of hydrogen-bond acceptors (Lipinski definition) is 9. The van der Waals surface area contributed by atoms with Crippen molar-refractivity contribution >= 4 is 22.4 Å². The van der Waals surface area contributed by atoms with Crippen LogP contribution in [0.25, 0.3) is 10.9 Å². The molecule has 2 aliphatic heterocycles. The molecule has 3 aromatic rings. The predicted molar refractivity (Wildman–Crippen MR) is 121 cm³/mol. The van der Waals surface area contributed by atoms with Gasteiger partial charge in [-0.3, -0.25) is 0 Å². The molecular weight excluding hydrogens is 408 g/mol. The van der Waals surface area contributed by atoms with Crippen molar-refractivity contribution in [2.45, 2.75) is 18.9 Å². The Labute approximate surface area is 187 Å². The van der Waals surface area contributed by atoms with Crippen LogP contribution in [-0.2, 0) is 4.74 Å². The van der Waals surface area contributed by atoms with Crippen molar-refractivity contribution in [1.29, 1.82) is 0 Å². The zero-order valence-corrected chi connectivity index (χ0v) is 18.2. The highest BCUT2D eigenvalue weighted by Gasteiger charge is 2.29. The molecule has 168 valence electrons. The van der Waals surface area contributed by atoms with Gasteiger partial charge in [0.05, 0.1) is 26.4 Å². The molecule has 1 unspecified atom stereocenters. The monoisotopic (exact) mass is 436 g/mol. The van der Waals surface area contributed by atoms with Crippen LogP contribution in [0.2, 0.25) is 0 Å². The van der Waals surface area contributed by atoms with Crippen LogP contribution in [0.5, 0.6) is 5.88 Å². The summed E-state index contributed by atoms with van der Waals surface area (Å²) in [7, 11) is 1.58. The van der Waals surface area contributed by atoms with Crippen molar-refractivity contribution in [3.63, 3.8) is 0 Å². The number of ether oxygens (including phenoxy) is 2. The van der Waals surface area contributed by atoms with E-state index in [4.69, 9.17) is 9.47 Å². The first kappa shape index (κ1) is 20.8. The molecule has 1 aromatic carbocycles. The van der Waals surface area contributed by atoms with E-state index < -0.39 is 6.10 Å². The fourth-order valence-corrected chi connectivity index (χ4v) is 4.63. The van der Waals surface area contributed by atoms with Crippen molar-refractivity contribution in [1.82, 2.24) is 20.4 Å². The van der Waals surface area contributed by atoms with Gasteiger partial charge >= 0.3 is 0 Å². The van der Waals surface area contributed by atoms with Crippen LogP contribution in [0.15, 0.2) is 36.5 Å². The van der Waals surface area contributed by atoms with Crippen molar-refractivity contribution in [2.24, 2.45) is 5.92 Å². The molecule has 2 fully saturated rings. The molecule has 2 atom stereocenters. The lowest BCUT2D eigenvalue weighted by molar-refractivity contribution is 0.0976. The van der Waals surface area contributed by atoms with E-state index in [0.29, 0.717) is 12.4 Å². The Hall–Kier alpha value is -3.04. The summed E-state index contributed by atoms with van der Waals surface area (Å²) < 4.78 is 10.6. The molecule has 0 aliphatic carbocycles. The molecule has 2 saturated heterocycles. The number of anilines is 2. The summed E-state index contributed by atoms with van der Waals surface area (Å²) in [6.45, 7) is 4.82. The number of aliphatic hydroxyl groups is 1. The minimum atomic E-state index is -0.592. The first-order chi connectivity index (χ1) is 15.7. The van der Waals surface area contributed by atoms with Gasteiger partial charge in [-0.2, -0.15) is 0 Å². The van der Waals surface area contributed by atoms with Crippen LogP contribution in [-0.4, -0.2) is 72.0 Å². The minimum absolute atomic E-state index is 0.0802. The maximum atomic E-state index is 11.0. The summed E-state index contributed by atoms with van der Waals surface area (Å²) in [5.41, 5.74) is 2.77. The first-order valence-corrected chi connectivity index (χ1v) is 11.1. The molecule has 2 aromatic heterocycles. The third-order valence-corrected chi connectivity index (χ3v) is 6.40. The van der Waals surface area contributed by atoms with Crippen molar-refractivity contribution < 1.29 is 14.6 Å². The minimum Gasteiger partial charge on any atom is -0.481 e. The predicted octanol–water partition coefficient (Wildman–Crippen LogP) is 2.21. The fourth-order valence-electron chi connectivity index (χ4n) is 4.63. The van der Waals surface area contributed by atoms with Gasteiger partial charge in [0.25, 0.3) is 0 Å². The van der Waals surface area contributed by atoms with E-state index in [1.807, 2.05) is 6.07 Å². The standard InChI is InChI=1S/C23H28N6O3/c1-31-21-7-4-16(14-24-21)22(30)17-3-2-8-29(15-17)23-19-6-5-18(13-20(19)25-27-26-23)28-9-11-32-12-10-28/h4-7,13-14,17,22,30H,2-3,8-12,15H2,1H3/t17-,22?/m0/s1. The molecule has 0 amide bonds. The van der Waals surface area contributed by atoms with Crippen LogP contribution in [0.4, 0.5) is 11.5 Å². The lowest BCUT2D eigenvalue weighted by atomic mass is 9.89. The van der Waals surface area contributed by atoms with Crippen LogP contribution in [0, 0.1) is 5.92 Å². The molecule has 0 spiro atoms. The quantitative estimate of drug-likeness (QED) is 0.646. The summed E-state index contributed by atoms with van der Waals surface area (Å²) in [5, 5.41) is 24.7. The Balaban J connectivity index is 1.36. The zero-order chi connectivity index (χ0) is 21.9. The molecule has 0 radical (unpaired) electrons. The van der Waals surface area contributed by atoms with E-state index in [2.05, 4.69) is 48.4 Å². The SMILES string of the molecule is COc1ccc(C(O)[C@H]2CCCN(c3nnnc4cc(N5CCOCC5)ccc34)C2)cn1. The van der Waals surface area contributed by atoms with E-state index >= 15 is 0 Å². The van der Waals surface area contributed by atoms with E-state index in [-0.39, 0.29) is 5.92 Å². The number of aliphatic hydroxyl groups excluding tert-OH is 1. The number of fused-ring (bicyclic) bond motifs is 1. The number of benzene rings is 1. The number of morpholine rings is 1. The second-order valence-corrected chi connectivity index (χ2v) is 8.34.